The number of benzene rings is 1. The van der Waals surface area contributed by atoms with Crippen LogP contribution in [0, 0.1) is 21.1 Å². The van der Waals surface area contributed by atoms with Crippen molar-refractivity contribution in [3.63, 3.8) is 0 Å². The largest absolute Gasteiger partial charge is 0.151 e. The maximum absolute atomic E-state index is 11.7. The molecule has 24 heavy (non-hydrogen) atoms. The molecule has 4 heteroatoms. The maximum atomic E-state index is 11.7. The molecule has 0 aliphatic heterocycles. The molecule has 1 fully saturated rings. The Bertz CT molecular complexity index is 657. The van der Waals surface area contributed by atoms with Crippen molar-refractivity contribution in [2.24, 2.45) is 21.7 Å². The first-order chi connectivity index (χ1) is 11.4. The average Bonchev–Trinajstić information content (AvgIpc) is 2.53. The quantitative estimate of drug-likeness (QED) is 0.701. The lowest BCUT2D eigenvalue weighted by Crippen LogP contribution is -2.55. The van der Waals surface area contributed by atoms with E-state index in [2.05, 4.69) is 56.2 Å². The van der Waals surface area contributed by atoms with Gasteiger partial charge in [-0.05, 0) is 52.7 Å². The van der Waals surface area contributed by atoms with Crippen LogP contribution in [0.3, 0.4) is 0 Å². The molecule has 2 aliphatic rings. The van der Waals surface area contributed by atoms with Gasteiger partial charge in [-0.2, -0.15) is 9.81 Å². The standard InChI is InChI=1S/C20H28N2O2/c1-13(2)14-6-7-16-15(10-14)11-17(22-24)18-19(3,12-21-23)8-5-9-20(16,18)4/h6-7,10,13,17-18H,5,8-9,11-12H2,1-4H3/t17?,18?,19-,20-/m1/s1. The molecule has 1 aromatic carbocycles. The highest BCUT2D eigenvalue weighted by Gasteiger charge is 2.56. The monoisotopic (exact) mass is 328 g/mol. The Hall–Kier alpha value is -1.58. The molecule has 1 aromatic rings. The van der Waals surface area contributed by atoms with Crippen LogP contribution in [0.2, 0.25) is 0 Å². The second-order valence-corrected chi connectivity index (χ2v) is 8.64. The van der Waals surface area contributed by atoms with Gasteiger partial charge in [-0.15, -0.1) is 0 Å². The Labute approximate surface area is 144 Å². The molecule has 0 spiro atoms. The van der Waals surface area contributed by atoms with Crippen molar-refractivity contribution in [2.75, 3.05) is 6.54 Å². The fourth-order valence-corrected chi connectivity index (χ4v) is 5.60. The number of hydrogen-bond donors (Lipinski definition) is 0. The van der Waals surface area contributed by atoms with Gasteiger partial charge in [0.15, 0.2) is 0 Å². The third-order valence-corrected chi connectivity index (χ3v) is 6.67. The van der Waals surface area contributed by atoms with Crippen LogP contribution in [0.15, 0.2) is 28.6 Å². The Morgan fingerprint density at radius 1 is 1.21 bits per heavy atom. The molecule has 3 rings (SSSR count). The minimum atomic E-state index is -0.267. The van der Waals surface area contributed by atoms with E-state index in [1.54, 1.807) is 0 Å². The number of nitrogens with zero attached hydrogens (tertiary/aromatic N) is 2. The van der Waals surface area contributed by atoms with E-state index in [0.717, 1.165) is 19.3 Å². The highest BCUT2D eigenvalue weighted by Crippen LogP contribution is 2.58. The number of hydrogen-bond acceptors (Lipinski definition) is 4. The second kappa shape index (κ2) is 6.05. The zero-order valence-corrected chi connectivity index (χ0v) is 15.2. The molecule has 0 amide bonds. The van der Waals surface area contributed by atoms with Gasteiger partial charge >= 0.3 is 0 Å². The molecule has 0 saturated heterocycles. The zero-order chi connectivity index (χ0) is 17.5. The summed E-state index contributed by atoms with van der Waals surface area (Å²) < 4.78 is 0. The van der Waals surface area contributed by atoms with E-state index in [0.29, 0.717) is 12.3 Å². The van der Waals surface area contributed by atoms with E-state index in [1.165, 1.54) is 16.7 Å². The molecule has 130 valence electrons. The number of nitroso groups, excluding NO2 is 2. The molecule has 4 nitrogen and oxygen atoms in total. The van der Waals surface area contributed by atoms with E-state index in [4.69, 9.17) is 0 Å². The number of rotatable bonds is 4. The molecule has 4 atom stereocenters. The second-order valence-electron chi connectivity index (χ2n) is 8.64. The average molecular weight is 328 g/mol. The third-order valence-electron chi connectivity index (χ3n) is 6.67. The van der Waals surface area contributed by atoms with Crippen LogP contribution < -0.4 is 0 Å². The fraction of sp³-hybridized carbons (Fsp3) is 0.700. The highest BCUT2D eigenvalue weighted by molar-refractivity contribution is 5.43. The van der Waals surface area contributed by atoms with Crippen LogP contribution in [0.4, 0.5) is 0 Å². The van der Waals surface area contributed by atoms with Crippen LogP contribution >= 0.6 is 0 Å². The Kier molecular flexibility index (Phi) is 4.35. The molecule has 1 saturated carbocycles. The van der Waals surface area contributed by atoms with Gasteiger partial charge in [0.25, 0.3) is 0 Å². The maximum Gasteiger partial charge on any atom is 0.100 e. The van der Waals surface area contributed by atoms with Gasteiger partial charge in [-0.1, -0.05) is 62.7 Å². The summed E-state index contributed by atoms with van der Waals surface area (Å²) in [6.45, 7) is 9.06. The van der Waals surface area contributed by atoms with Gasteiger partial charge in [0.05, 0.1) is 6.54 Å². The molecule has 2 unspecified atom stereocenters. The molecule has 0 radical (unpaired) electrons. The van der Waals surface area contributed by atoms with Crippen molar-refractivity contribution in [3.05, 3.63) is 44.7 Å². The first kappa shape index (κ1) is 17.2. The van der Waals surface area contributed by atoms with Crippen molar-refractivity contribution in [1.29, 1.82) is 0 Å². The molecule has 0 aromatic heterocycles. The lowest BCUT2D eigenvalue weighted by atomic mass is 9.48. The topological polar surface area (TPSA) is 58.9 Å². The van der Waals surface area contributed by atoms with Crippen molar-refractivity contribution in [3.8, 4) is 0 Å². The molecular weight excluding hydrogens is 300 g/mol. The summed E-state index contributed by atoms with van der Waals surface area (Å²) in [5.41, 5.74) is 3.61. The molecule has 0 N–H and O–H groups in total. The van der Waals surface area contributed by atoms with Crippen LogP contribution in [0.5, 0.6) is 0 Å². The van der Waals surface area contributed by atoms with E-state index >= 15 is 0 Å². The first-order valence-corrected chi connectivity index (χ1v) is 9.10. The van der Waals surface area contributed by atoms with Crippen LogP contribution in [-0.4, -0.2) is 12.6 Å². The van der Waals surface area contributed by atoms with E-state index in [9.17, 15) is 9.81 Å². The summed E-state index contributed by atoms with van der Waals surface area (Å²) in [6.07, 6.45) is 3.75. The first-order valence-electron chi connectivity index (χ1n) is 9.10. The summed E-state index contributed by atoms with van der Waals surface area (Å²) in [6, 6.07) is 6.49. The normalized spacial score (nSPS) is 35.2. The SMILES string of the molecule is CC(C)c1ccc2c(c1)CC(N=O)C1[C@@](C)(CN=O)CCC[C@]21C. The van der Waals surface area contributed by atoms with E-state index in [1.807, 2.05) is 0 Å². The van der Waals surface area contributed by atoms with E-state index < -0.39 is 0 Å². The smallest absolute Gasteiger partial charge is 0.100 e. The molecule has 2 aliphatic carbocycles. The summed E-state index contributed by atoms with van der Waals surface area (Å²) in [7, 11) is 0. The minimum Gasteiger partial charge on any atom is -0.151 e. The van der Waals surface area contributed by atoms with Crippen LogP contribution in [-0.2, 0) is 11.8 Å². The van der Waals surface area contributed by atoms with Crippen molar-refractivity contribution in [2.45, 2.75) is 70.8 Å². The van der Waals surface area contributed by atoms with Crippen molar-refractivity contribution < 1.29 is 0 Å². The lowest BCUT2D eigenvalue weighted by molar-refractivity contribution is 0.0192. The van der Waals surface area contributed by atoms with Crippen molar-refractivity contribution in [1.82, 2.24) is 0 Å². The predicted octanol–water partition coefficient (Wildman–Crippen LogP) is 5.33. The fourth-order valence-electron chi connectivity index (χ4n) is 5.60. The third kappa shape index (κ3) is 2.51. The van der Waals surface area contributed by atoms with Gasteiger partial charge in [0, 0.05) is 5.92 Å². The van der Waals surface area contributed by atoms with Gasteiger partial charge in [-0.25, -0.2) is 0 Å². The predicted molar refractivity (Wildman–Crippen MR) is 97.3 cm³/mol. The van der Waals surface area contributed by atoms with Gasteiger partial charge in [0.2, 0.25) is 0 Å². The van der Waals surface area contributed by atoms with Crippen LogP contribution in [0.1, 0.15) is 69.6 Å². The lowest BCUT2D eigenvalue weighted by Gasteiger charge is -2.56. The number of fused-ring (bicyclic) bond motifs is 3. The summed E-state index contributed by atoms with van der Waals surface area (Å²) >= 11 is 0. The summed E-state index contributed by atoms with van der Waals surface area (Å²) in [5.74, 6) is 0.561. The highest BCUT2D eigenvalue weighted by atomic mass is 16.3. The Morgan fingerprint density at radius 2 is 1.96 bits per heavy atom. The van der Waals surface area contributed by atoms with Crippen LogP contribution in [0.25, 0.3) is 0 Å². The minimum absolute atomic E-state index is 0.0892. The Morgan fingerprint density at radius 3 is 2.58 bits per heavy atom. The van der Waals surface area contributed by atoms with Gasteiger partial charge < -0.3 is 0 Å². The molecule has 0 heterocycles. The summed E-state index contributed by atoms with van der Waals surface area (Å²) in [5, 5.41) is 6.76. The van der Waals surface area contributed by atoms with E-state index in [-0.39, 0.29) is 29.3 Å². The van der Waals surface area contributed by atoms with Crippen molar-refractivity contribution >= 4 is 0 Å². The zero-order valence-electron chi connectivity index (χ0n) is 15.2. The Balaban J connectivity index is 2.14. The van der Waals surface area contributed by atoms with Gasteiger partial charge in [0.1, 0.15) is 6.04 Å². The van der Waals surface area contributed by atoms with Gasteiger partial charge in [-0.3, -0.25) is 0 Å². The molecule has 0 bridgehead atoms. The molecular formula is C20H28N2O2. The summed E-state index contributed by atoms with van der Waals surface area (Å²) in [4.78, 5) is 22.8.